The fourth-order valence-electron chi connectivity index (χ4n) is 0. The molecule has 0 aromatic rings. The van der Waals surface area contributed by atoms with Crippen LogP contribution in [0.3, 0.4) is 0 Å². The normalized spacial score (nSPS) is 5.00. The van der Waals surface area contributed by atoms with Crippen molar-refractivity contribution in [1.29, 1.82) is 0 Å². The molecule has 10 heteroatoms. The molecule has 6 nitrogen and oxygen atoms in total. The summed E-state index contributed by atoms with van der Waals surface area (Å²) < 4.78 is 49.1. The monoisotopic (exact) mass is 539 g/mol. The van der Waals surface area contributed by atoms with Gasteiger partial charge in [0.05, 0.1) is 0 Å². The van der Waals surface area contributed by atoms with Crippen molar-refractivity contribution < 1.29 is 83.6 Å². The molecule has 0 aliphatic heterocycles. The minimum atomic E-state index is -3.95. The smallest absolute Gasteiger partial charge is 0 e. The first-order valence-electron chi connectivity index (χ1n) is 1.13. The van der Waals surface area contributed by atoms with Gasteiger partial charge in [0.15, 0.2) is 0 Å². The van der Waals surface area contributed by atoms with E-state index < -0.39 is 37.6 Å². The zero-order valence-electron chi connectivity index (χ0n) is 4.71. The number of hydrogen-bond donors (Lipinski definition) is 2. The SMILES string of the molecule is [O]=[Nb](=[O])[OH].[O]=[Nb](=[O])[OH].[PbH2].[Sc]. The fourth-order valence-corrected chi connectivity index (χ4v) is 0. The van der Waals surface area contributed by atoms with Gasteiger partial charge in [-0.15, -0.1) is 0 Å². The van der Waals surface area contributed by atoms with Crippen molar-refractivity contribution in [2.45, 2.75) is 0 Å². The van der Waals surface area contributed by atoms with Crippen molar-refractivity contribution >= 4 is 27.3 Å². The molecule has 0 aliphatic carbocycles. The van der Waals surface area contributed by atoms with Gasteiger partial charge in [-0.25, -0.2) is 0 Å². The predicted octanol–water partition coefficient (Wildman–Crippen LogP) is -2.51. The van der Waals surface area contributed by atoms with Crippen molar-refractivity contribution in [3.8, 4) is 0 Å². The van der Waals surface area contributed by atoms with E-state index in [1.807, 2.05) is 0 Å². The molecule has 0 saturated carbocycles. The minimum absolute atomic E-state index is 0. The standard InChI is InChI=1S/2Nb.2H2O.4O.Pb.Sc.2H/h;;2*1H2;;;;;;;;/q2*+1;;;;;;;;;;/p-2. The zero-order valence-corrected chi connectivity index (χ0v) is 16.4. The summed E-state index contributed by atoms with van der Waals surface area (Å²) in [5, 5.41) is 0. The van der Waals surface area contributed by atoms with Gasteiger partial charge in [0, 0.05) is 25.8 Å². The fraction of sp³-hybridized carbons (Fsp3) is 0. The summed E-state index contributed by atoms with van der Waals surface area (Å²) in [4.78, 5) is 0. The molecule has 0 bridgehead atoms. The second-order valence-corrected chi connectivity index (χ2v) is 2.81. The average Bonchev–Trinajstić information content (AvgIpc) is 1.25. The first kappa shape index (κ1) is 22.8. The molecule has 0 atom stereocenters. The molecule has 3 radical (unpaired) electrons. The van der Waals surface area contributed by atoms with Crippen molar-refractivity contribution in [3.05, 3.63) is 0 Å². The van der Waals surface area contributed by atoms with E-state index in [4.69, 9.17) is 20.2 Å². The molecule has 0 spiro atoms. The van der Waals surface area contributed by atoms with Crippen LogP contribution in [0.4, 0.5) is 0 Å². The summed E-state index contributed by atoms with van der Waals surface area (Å²) in [7, 11) is 0. The van der Waals surface area contributed by atoms with E-state index >= 15 is 0 Å². The van der Waals surface area contributed by atoms with Gasteiger partial charge in [0.2, 0.25) is 0 Å². The molecule has 0 heterocycles. The number of hydrogen-bond acceptors (Lipinski definition) is 4. The second kappa shape index (κ2) is 17.5. The Balaban J connectivity index is -0.0000000300. The molecule has 0 aromatic heterocycles. The maximum atomic E-state index is 8.71. The van der Waals surface area contributed by atoms with E-state index in [0.717, 1.165) is 0 Å². The molecular weight excluding hydrogens is 534 g/mol. The third-order valence-electron chi connectivity index (χ3n) is 0. The minimum Gasteiger partial charge on any atom is 0 e. The zero-order chi connectivity index (χ0) is 7.15. The summed E-state index contributed by atoms with van der Waals surface area (Å²) in [6.07, 6.45) is 0. The first-order valence-corrected chi connectivity index (χ1v) is 6.69. The predicted molar refractivity (Wildman–Crippen MR) is 15.7 cm³/mol. The molecule has 0 rings (SSSR count). The van der Waals surface area contributed by atoms with Crippen LogP contribution in [0.2, 0.25) is 0 Å². The third kappa shape index (κ3) is 160. The van der Waals surface area contributed by atoms with Gasteiger partial charge in [0.25, 0.3) is 0 Å². The van der Waals surface area contributed by atoms with Crippen molar-refractivity contribution in [3.63, 3.8) is 0 Å². The maximum absolute atomic E-state index is 8.71. The summed E-state index contributed by atoms with van der Waals surface area (Å²) in [5.74, 6) is 0. The third-order valence-corrected chi connectivity index (χ3v) is 0. The van der Waals surface area contributed by atoms with Crippen LogP contribution in [0.5, 0.6) is 0 Å². The Bertz CT molecular complexity index is 133. The Labute approximate surface area is 109 Å². The van der Waals surface area contributed by atoms with Gasteiger partial charge < -0.3 is 0 Å². The Hall–Kier alpha value is 2.39. The van der Waals surface area contributed by atoms with E-state index in [0.29, 0.717) is 0 Å². The maximum Gasteiger partial charge on any atom is 0 e. The first-order chi connectivity index (χ1) is 3.46. The van der Waals surface area contributed by atoms with Gasteiger partial charge in [-0.1, -0.05) is 0 Å². The Morgan fingerprint density at radius 2 is 0.800 bits per heavy atom. The Morgan fingerprint density at radius 3 is 0.800 bits per heavy atom. The van der Waals surface area contributed by atoms with Crippen molar-refractivity contribution in [2.24, 2.45) is 0 Å². The van der Waals surface area contributed by atoms with E-state index in [1.165, 1.54) is 0 Å². The van der Waals surface area contributed by atoms with Crippen LogP contribution in [-0.4, -0.2) is 34.5 Å². The van der Waals surface area contributed by atoms with Crippen LogP contribution in [0, 0.1) is 0 Å². The van der Waals surface area contributed by atoms with Gasteiger partial charge in [-0.2, -0.15) is 0 Å². The average molecular weight is 538 g/mol. The van der Waals surface area contributed by atoms with Crippen LogP contribution in [0.1, 0.15) is 0 Å². The van der Waals surface area contributed by atoms with Crippen LogP contribution in [0.15, 0.2) is 0 Å². The summed E-state index contributed by atoms with van der Waals surface area (Å²) in [5.41, 5.74) is 0. The van der Waals surface area contributed by atoms with Gasteiger partial charge in [0.1, 0.15) is 0 Å². The molecule has 0 aromatic carbocycles. The summed E-state index contributed by atoms with van der Waals surface area (Å²) in [6.45, 7) is 0. The molecular formula is H4Nb2O6PbSc. The summed E-state index contributed by atoms with van der Waals surface area (Å²) >= 11 is -7.90. The Kier molecular flexibility index (Phi) is 39.9. The van der Waals surface area contributed by atoms with Crippen molar-refractivity contribution in [2.75, 3.05) is 0 Å². The van der Waals surface area contributed by atoms with Crippen LogP contribution < -0.4 is 0 Å². The van der Waals surface area contributed by atoms with Gasteiger partial charge >= 0.3 is 85.1 Å². The second-order valence-electron chi connectivity index (χ2n) is 0.476. The van der Waals surface area contributed by atoms with Crippen molar-refractivity contribution in [1.82, 2.24) is 0 Å². The molecule has 0 aliphatic rings. The van der Waals surface area contributed by atoms with Crippen LogP contribution in [0.25, 0.3) is 0 Å². The van der Waals surface area contributed by atoms with Gasteiger partial charge in [-0.05, 0) is 0 Å². The molecule has 10 heavy (non-hydrogen) atoms. The van der Waals surface area contributed by atoms with E-state index in [1.54, 1.807) is 0 Å². The van der Waals surface area contributed by atoms with E-state index in [9.17, 15) is 0 Å². The molecule has 0 saturated heterocycles. The molecule has 0 amide bonds. The molecule has 57 valence electrons. The largest absolute Gasteiger partial charge is 0 e. The van der Waals surface area contributed by atoms with E-state index in [-0.39, 0.29) is 53.1 Å². The Morgan fingerprint density at radius 1 is 0.800 bits per heavy atom. The molecule has 0 fully saturated rings. The van der Waals surface area contributed by atoms with E-state index in [2.05, 4.69) is 0 Å². The molecule has 0 unspecified atom stereocenters. The quantitative estimate of drug-likeness (QED) is 0.330. The molecule has 2 N–H and O–H groups in total. The topological polar surface area (TPSA) is 109 Å². The number of rotatable bonds is 0. The van der Waals surface area contributed by atoms with Crippen LogP contribution >= 0.6 is 0 Å². The summed E-state index contributed by atoms with van der Waals surface area (Å²) in [6, 6.07) is 0. The van der Waals surface area contributed by atoms with Crippen LogP contribution in [-0.2, 0) is 76.4 Å². The van der Waals surface area contributed by atoms with Gasteiger partial charge in [-0.3, -0.25) is 0 Å².